The second-order valence-corrected chi connectivity index (χ2v) is 4.74. The van der Waals surface area contributed by atoms with Crippen molar-refractivity contribution in [3.63, 3.8) is 0 Å². The van der Waals surface area contributed by atoms with E-state index >= 15 is 0 Å². The van der Waals surface area contributed by atoms with E-state index in [9.17, 15) is 4.79 Å². The molecule has 1 aliphatic heterocycles. The molecule has 0 unspecified atom stereocenters. The fourth-order valence-corrected chi connectivity index (χ4v) is 2.48. The van der Waals surface area contributed by atoms with Gasteiger partial charge in [-0.25, -0.2) is 4.68 Å². The smallest absolute Gasteiger partial charge is 0.225 e. The molecule has 1 aromatic rings. The molecule has 1 amide bonds. The van der Waals surface area contributed by atoms with E-state index in [1.165, 1.54) is 6.42 Å². The fourth-order valence-electron chi connectivity index (χ4n) is 2.48. The van der Waals surface area contributed by atoms with E-state index in [1.807, 2.05) is 15.8 Å². The molecular formula is C11H16N4O. The molecule has 0 radical (unpaired) electrons. The maximum atomic E-state index is 12.0. The lowest BCUT2D eigenvalue weighted by Crippen LogP contribution is -2.37. The van der Waals surface area contributed by atoms with Crippen LogP contribution in [-0.4, -0.2) is 38.9 Å². The summed E-state index contributed by atoms with van der Waals surface area (Å²) < 4.78 is 1.87. The topological polar surface area (TPSA) is 51.0 Å². The Morgan fingerprint density at radius 1 is 1.31 bits per heavy atom. The van der Waals surface area contributed by atoms with E-state index in [-0.39, 0.29) is 0 Å². The molecular weight excluding hydrogens is 204 g/mol. The third-order valence-corrected chi connectivity index (χ3v) is 3.74. The van der Waals surface area contributed by atoms with Crippen LogP contribution in [0.4, 0.5) is 0 Å². The molecule has 5 heteroatoms. The summed E-state index contributed by atoms with van der Waals surface area (Å²) in [6.07, 6.45) is 7.96. The molecule has 2 heterocycles. The Bertz CT molecular complexity index is 371. The third-order valence-electron chi connectivity index (χ3n) is 3.74. The van der Waals surface area contributed by atoms with Gasteiger partial charge in [0.1, 0.15) is 0 Å². The molecule has 1 saturated carbocycles. The molecule has 1 aromatic heterocycles. The second kappa shape index (κ2) is 3.88. The molecule has 0 bridgehead atoms. The van der Waals surface area contributed by atoms with Crippen LogP contribution in [-0.2, 0) is 4.79 Å². The summed E-state index contributed by atoms with van der Waals surface area (Å²) in [5.41, 5.74) is 0. The molecule has 86 valence electrons. The minimum absolute atomic E-state index is 0.314. The Morgan fingerprint density at radius 2 is 2.19 bits per heavy atom. The summed E-state index contributed by atoms with van der Waals surface area (Å²) >= 11 is 0. The summed E-state index contributed by atoms with van der Waals surface area (Å²) in [6.45, 7) is 1.68. The summed E-state index contributed by atoms with van der Waals surface area (Å²) in [5, 5.41) is 7.81. The first-order valence-electron chi connectivity index (χ1n) is 5.99. The van der Waals surface area contributed by atoms with Crippen molar-refractivity contribution in [2.24, 2.45) is 5.92 Å². The van der Waals surface area contributed by atoms with Gasteiger partial charge >= 0.3 is 0 Å². The number of aromatic nitrogens is 3. The standard InChI is InChI=1S/C11H16N4O/c16-11(9-2-1-3-9)14-6-4-10(8-14)15-7-5-12-13-15/h5,7,9-10H,1-4,6,8H2/t10-/m0/s1. The van der Waals surface area contributed by atoms with Crippen LogP contribution >= 0.6 is 0 Å². The Hall–Kier alpha value is -1.39. The number of amides is 1. The van der Waals surface area contributed by atoms with Gasteiger partial charge in [-0.2, -0.15) is 0 Å². The van der Waals surface area contributed by atoms with Crippen molar-refractivity contribution in [3.05, 3.63) is 12.4 Å². The highest BCUT2D eigenvalue weighted by atomic mass is 16.2. The van der Waals surface area contributed by atoms with Gasteiger partial charge in [0.05, 0.1) is 12.2 Å². The van der Waals surface area contributed by atoms with E-state index in [2.05, 4.69) is 10.3 Å². The van der Waals surface area contributed by atoms with Crippen LogP contribution < -0.4 is 0 Å². The van der Waals surface area contributed by atoms with Crippen molar-refractivity contribution >= 4 is 5.91 Å². The van der Waals surface area contributed by atoms with Gasteiger partial charge in [-0.15, -0.1) is 5.10 Å². The van der Waals surface area contributed by atoms with Crippen LogP contribution in [0.2, 0.25) is 0 Å². The number of likely N-dealkylation sites (tertiary alicyclic amines) is 1. The van der Waals surface area contributed by atoms with E-state index in [0.29, 0.717) is 17.9 Å². The molecule has 0 spiro atoms. The van der Waals surface area contributed by atoms with E-state index in [0.717, 1.165) is 32.4 Å². The Morgan fingerprint density at radius 3 is 2.81 bits per heavy atom. The van der Waals surface area contributed by atoms with Gasteiger partial charge in [-0.1, -0.05) is 11.6 Å². The van der Waals surface area contributed by atoms with Gasteiger partial charge in [0, 0.05) is 25.2 Å². The van der Waals surface area contributed by atoms with Crippen LogP contribution in [0.25, 0.3) is 0 Å². The first-order valence-corrected chi connectivity index (χ1v) is 5.99. The molecule has 16 heavy (non-hydrogen) atoms. The number of rotatable bonds is 2. The van der Waals surface area contributed by atoms with Gasteiger partial charge < -0.3 is 4.90 Å². The predicted octanol–water partition coefficient (Wildman–Crippen LogP) is 0.852. The number of carbonyl (C=O) groups excluding carboxylic acids is 1. The zero-order valence-corrected chi connectivity index (χ0v) is 9.25. The van der Waals surface area contributed by atoms with Crippen LogP contribution in [0, 0.1) is 5.92 Å². The largest absolute Gasteiger partial charge is 0.340 e. The summed E-state index contributed by atoms with van der Waals surface area (Å²) in [7, 11) is 0. The minimum atomic E-state index is 0.314. The maximum Gasteiger partial charge on any atom is 0.225 e. The lowest BCUT2D eigenvalue weighted by atomic mass is 9.84. The molecule has 0 N–H and O–H groups in total. The maximum absolute atomic E-state index is 12.0. The molecule has 2 fully saturated rings. The highest BCUT2D eigenvalue weighted by molar-refractivity contribution is 5.79. The van der Waals surface area contributed by atoms with Crippen molar-refractivity contribution < 1.29 is 4.79 Å². The van der Waals surface area contributed by atoms with Crippen LogP contribution in [0.3, 0.4) is 0 Å². The molecule has 0 aromatic carbocycles. The van der Waals surface area contributed by atoms with Gasteiger partial charge in [0.2, 0.25) is 5.91 Å². The molecule has 2 aliphatic rings. The summed E-state index contributed by atoms with van der Waals surface area (Å²) in [5.74, 6) is 0.670. The average Bonchev–Trinajstić information content (AvgIpc) is 2.86. The fraction of sp³-hybridized carbons (Fsp3) is 0.727. The number of hydrogen-bond donors (Lipinski definition) is 0. The number of hydrogen-bond acceptors (Lipinski definition) is 3. The van der Waals surface area contributed by atoms with Crippen molar-refractivity contribution in [1.29, 1.82) is 0 Å². The summed E-state index contributed by atoms with van der Waals surface area (Å²) in [4.78, 5) is 14.0. The highest BCUT2D eigenvalue weighted by Gasteiger charge is 2.34. The van der Waals surface area contributed by atoms with Gasteiger partial charge in [-0.3, -0.25) is 4.79 Å². The molecule has 3 rings (SSSR count). The lowest BCUT2D eigenvalue weighted by Gasteiger charge is -2.29. The number of carbonyl (C=O) groups is 1. The SMILES string of the molecule is O=C(C1CCC1)N1CC[C@H](n2ccnn2)C1. The molecule has 1 saturated heterocycles. The van der Waals surface area contributed by atoms with E-state index in [1.54, 1.807) is 6.20 Å². The predicted molar refractivity (Wildman–Crippen MR) is 57.6 cm³/mol. The van der Waals surface area contributed by atoms with Gasteiger partial charge in [0.15, 0.2) is 0 Å². The monoisotopic (exact) mass is 220 g/mol. The Labute approximate surface area is 94.4 Å². The first kappa shape index (κ1) is 9.81. The summed E-state index contributed by atoms with van der Waals surface area (Å²) in [6, 6.07) is 0.325. The quantitative estimate of drug-likeness (QED) is 0.742. The molecule has 1 aliphatic carbocycles. The van der Waals surface area contributed by atoms with E-state index in [4.69, 9.17) is 0 Å². The van der Waals surface area contributed by atoms with Crippen molar-refractivity contribution in [2.75, 3.05) is 13.1 Å². The number of nitrogens with zero attached hydrogens (tertiary/aromatic N) is 4. The van der Waals surface area contributed by atoms with Crippen molar-refractivity contribution in [1.82, 2.24) is 19.9 Å². The highest BCUT2D eigenvalue weighted by Crippen LogP contribution is 2.31. The van der Waals surface area contributed by atoms with Crippen LogP contribution in [0.5, 0.6) is 0 Å². The van der Waals surface area contributed by atoms with Crippen LogP contribution in [0.1, 0.15) is 31.7 Å². The Balaban J connectivity index is 1.62. The second-order valence-electron chi connectivity index (χ2n) is 4.74. The zero-order chi connectivity index (χ0) is 11.0. The van der Waals surface area contributed by atoms with Crippen LogP contribution in [0.15, 0.2) is 12.4 Å². The average molecular weight is 220 g/mol. The van der Waals surface area contributed by atoms with Gasteiger partial charge in [0.25, 0.3) is 0 Å². The normalized spacial score (nSPS) is 25.8. The molecule has 1 atom stereocenters. The lowest BCUT2D eigenvalue weighted by molar-refractivity contribution is -0.137. The zero-order valence-electron chi connectivity index (χ0n) is 9.25. The third kappa shape index (κ3) is 1.60. The Kier molecular flexibility index (Phi) is 2.38. The minimum Gasteiger partial charge on any atom is -0.340 e. The van der Waals surface area contributed by atoms with E-state index < -0.39 is 0 Å². The first-order chi connectivity index (χ1) is 7.84. The van der Waals surface area contributed by atoms with Crippen molar-refractivity contribution in [3.8, 4) is 0 Å². The molecule has 5 nitrogen and oxygen atoms in total. The van der Waals surface area contributed by atoms with Gasteiger partial charge in [-0.05, 0) is 19.3 Å². The van der Waals surface area contributed by atoms with Crippen molar-refractivity contribution in [2.45, 2.75) is 31.7 Å².